The molecule has 0 aliphatic heterocycles. The Morgan fingerprint density at radius 3 is 2.56 bits per heavy atom. The normalized spacial score (nSPS) is 19.0. The van der Waals surface area contributed by atoms with Gasteiger partial charge in [-0.05, 0) is 31.4 Å². The SMILES string of the molecule is CCc1ccc(CNCC2(CO)CCCCC2)s1. The molecule has 1 heterocycles. The van der Waals surface area contributed by atoms with Gasteiger partial charge in [0.05, 0.1) is 0 Å². The number of rotatable bonds is 6. The Morgan fingerprint density at radius 2 is 1.94 bits per heavy atom. The molecule has 0 unspecified atom stereocenters. The first-order valence-electron chi connectivity index (χ1n) is 7.17. The molecule has 0 radical (unpaired) electrons. The lowest BCUT2D eigenvalue weighted by atomic mass is 9.74. The van der Waals surface area contributed by atoms with E-state index in [9.17, 15) is 5.11 Å². The number of thiophene rings is 1. The molecule has 102 valence electrons. The Labute approximate surface area is 114 Å². The first-order valence-corrected chi connectivity index (χ1v) is 7.99. The summed E-state index contributed by atoms with van der Waals surface area (Å²) in [7, 11) is 0. The predicted octanol–water partition coefficient (Wildman–Crippen LogP) is 3.34. The van der Waals surface area contributed by atoms with E-state index in [1.165, 1.54) is 41.9 Å². The molecule has 2 nitrogen and oxygen atoms in total. The van der Waals surface area contributed by atoms with Crippen molar-refractivity contribution in [1.29, 1.82) is 0 Å². The molecular weight excluding hydrogens is 242 g/mol. The van der Waals surface area contributed by atoms with Crippen LogP contribution in [0.1, 0.15) is 48.8 Å². The second kappa shape index (κ2) is 6.69. The van der Waals surface area contributed by atoms with Gasteiger partial charge in [0.25, 0.3) is 0 Å². The van der Waals surface area contributed by atoms with Gasteiger partial charge in [0.1, 0.15) is 0 Å². The molecule has 1 aliphatic rings. The van der Waals surface area contributed by atoms with Gasteiger partial charge in [-0.15, -0.1) is 11.3 Å². The Balaban J connectivity index is 1.79. The minimum absolute atomic E-state index is 0.156. The summed E-state index contributed by atoms with van der Waals surface area (Å²) >= 11 is 1.90. The third-order valence-corrected chi connectivity index (χ3v) is 5.34. The fraction of sp³-hybridized carbons (Fsp3) is 0.733. The van der Waals surface area contributed by atoms with Crippen molar-refractivity contribution >= 4 is 11.3 Å². The molecular formula is C15H25NOS. The summed E-state index contributed by atoms with van der Waals surface area (Å²) in [6, 6.07) is 4.45. The van der Waals surface area contributed by atoms with E-state index in [1.54, 1.807) is 0 Å². The summed E-state index contributed by atoms with van der Waals surface area (Å²) < 4.78 is 0. The van der Waals surface area contributed by atoms with Gasteiger partial charge in [0.2, 0.25) is 0 Å². The number of aliphatic hydroxyl groups excluding tert-OH is 1. The van der Waals surface area contributed by atoms with Crippen LogP contribution in [0.2, 0.25) is 0 Å². The van der Waals surface area contributed by atoms with E-state index >= 15 is 0 Å². The predicted molar refractivity (Wildman–Crippen MR) is 78.0 cm³/mol. The van der Waals surface area contributed by atoms with E-state index in [-0.39, 0.29) is 5.41 Å². The number of aryl methyl sites for hydroxylation is 1. The zero-order valence-electron chi connectivity index (χ0n) is 11.4. The van der Waals surface area contributed by atoms with Gasteiger partial charge >= 0.3 is 0 Å². The van der Waals surface area contributed by atoms with Crippen molar-refractivity contribution in [1.82, 2.24) is 5.32 Å². The minimum Gasteiger partial charge on any atom is -0.396 e. The standard InChI is InChI=1S/C15H25NOS/c1-2-13-6-7-14(18-13)10-16-11-15(12-17)8-4-3-5-9-15/h6-7,16-17H,2-5,8-12H2,1H3. The summed E-state index contributed by atoms with van der Waals surface area (Å²) in [6.45, 7) is 4.45. The van der Waals surface area contributed by atoms with Crippen LogP contribution >= 0.6 is 11.3 Å². The quantitative estimate of drug-likeness (QED) is 0.828. The second-order valence-corrected chi connectivity index (χ2v) is 6.80. The molecule has 0 amide bonds. The fourth-order valence-corrected chi connectivity index (χ4v) is 3.78. The molecule has 1 aromatic rings. The monoisotopic (exact) mass is 267 g/mol. The van der Waals surface area contributed by atoms with Crippen molar-refractivity contribution in [3.63, 3.8) is 0 Å². The summed E-state index contributed by atoms with van der Waals surface area (Å²) in [5, 5.41) is 13.2. The maximum Gasteiger partial charge on any atom is 0.0499 e. The number of hydrogen-bond donors (Lipinski definition) is 2. The molecule has 1 saturated carbocycles. The Morgan fingerprint density at radius 1 is 1.22 bits per heavy atom. The number of nitrogens with one attached hydrogen (secondary N) is 1. The molecule has 1 fully saturated rings. The molecule has 0 spiro atoms. The molecule has 1 aliphatic carbocycles. The van der Waals surface area contributed by atoms with Crippen molar-refractivity contribution in [3.8, 4) is 0 Å². The van der Waals surface area contributed by atoms with Crippen LogP contribution in [0.25, 0.3) is 0 Å². The molecule has 2 rings (SSSR count). The smallest absolute Gasteiger partial charge is 0.0499 e. The first kappa shape index (κ1) is 14.0. The Hall–Kier alpha value is -0.380. The molecule has 0 atom stereocenters. The van der Waals surface area contributed by atoms with Gasteiger partial charge in [-0.3, -0.25) is 0 Å². The van der Waals surface area contributed by atoms with Crippen LogP contribution < -0.4 is 5.32 Å². The highest BCUT2D eigenvalue weighted by Gasteiger charge is 2.30. The van der Waals surface area contributed by atoms with Gasteiger partial charge < -0.3 is 10.4 Å². The lowest BCUT2D eigenvalue weighted by Gasteiger charge is -2.35. The topological polar surface area (TPSA) is 32.3 Å². The highest BCUT2D eigenvalue weighted by Crippen LogP contribution is 2.35. The molecule has 18 heavy (non-hydrogen) atoms. The van der Waals surface area contributed by atoms with Crippen molar-refractivity contribution in [2.24, 2.45) is 5.41 Å². The summed E-state index contributed by atoms with van der Waals surface area (Å²) in [4.78, 5) is 2.87. The van der Waals surface area contributed by atoms with Gasteiger partial charge in [-0.2, -0.15) is 0 Å². The van der Waals surface area contributed by atoms with E-state index in [2.05, 4.69) is 24.4 Å². The van der Waals surface area contributed by atoms with Crippen LogP contribution in [0.5, 0.6) is 0 Å². The number of aliphatic hydroxyl groups is 1. The molecule has 3 heteroatoms. The van der Waals surface area contributed by atoms with E-state index in [4.69, 9.17) is 0 Å². The molecule has 0 bridgehead atoms. The van der Waals surface area contributed by atoms with Crippen LogP contribution in [0.3, 0.4) is 0 Å². The molecule has 1 aromatic heterocycles. The van der Waals surface area contributed by atoms with E-state index in [0.717, 1.165) is 19.5 Å². The van der Waals surface area contributed by atoms with Crippen molar-refractivity contribution in [2.75, 3.05) is 13.2 Å². The Kier molecular flexibility index (Phi) is 5.22. The van der Waals surface area contributed by atoms with Crippen molar-refractivity contribution < 1.29 is 5.11 Å². The maximum absolute atomic E-state index is 9.64. The van der Waals surface area contributed by atoms with E-state index in [1.807, 2.05) is 11.3 Å². The molecule has 0 aromatic carbocycles. The van der Waals surface area contributed by atoms with Crippen LogP contribution in [0, 0.1) is 5.41 Å². The lowest BCUT2D eigenvalue weighted by molar-refractivity contribution is 0.0811. The zero-order valence-corrected chi connectivity index (χ0v) is 12.2. The largest absolute Gasteiger partial charge is 0.396 e. The second-order valence-electron chi connectivity index (χ2n) is 5.54. The molecule has 0 saturated heterocycles. The zero-order chi connectivity index (χ0) is 12.8. The molecule has 2 N–H and O–H groups in total. The third kappa shape index (κ3) is 3.56. The van der Waals surface area contributed by atoms with Crippen LogP contribution in [-0.2, 0) is 13.0 Å². The van der Waals surface area contributed by atoms with Gasteiger partial charge in [0.15, 0.2) is 0 Å². The van der Waals surface area contributed by atoms with Gasteiger partial charge in [0, 0.05) is 34.9 Å². The first-order chi connectivity index (χ1) is 8.78. The van der Waals surface area contributed by atoms with Crippen LogP contribution in [0.15, 0.2) is 12.1 Å². The van der Waals surface area contributed by atoms with Crippen molar-refractivity contribution in [2.45, 2.75) is 52.0 Å². The maximum atomic E-state index is 9.64. The highest BCUT2D eigenvalue weighted by atomic mass is 32.1. The number of hydrogen-bond acceptors (Lipinski definition) is 3. The highest BCUT2D eigenvalue weighted by molar-refractivity contribution is 7.11. The lowest BCUT2D eigenvalue weighted by Crippen LogP contribution is -2.38. The van der Waals surface area contributed by atoms with Crippen LogP contribution in [-0.4, -0.2) is 18.3 Å². The van der Waals surface area contributed by atoms with Crippen LogP contribution in [0.4, 0.5) is 0 Å². The third-order valence-electron chi connectivity index (χ3n) is 4.11. The van der Waals surface area contributed by atoms with E-state index in [0.29, 0.717) is 6.61 Å². The minimum atomic E-state index is 0.156. The van der Waals surface area contributed by atoms with Gasteiger partial charge in [-0.1, -0.05) is 26.2 Å². The average Bonchev–Trinajstić information content (AvgIpc) is 2.88. The Bertz CT molecular complexity index is 355. The fourth-order valence-electron chi connectivity index (χ4n) is 2.85. The van der Waals surface area contributed by atoms with E-state index < -0.39 is 0 Å². The van der Waals surface area contributed by atoms with Gasteiger partial charge in [-0.25, -0.2) is 0 Å². The summed E-state index contributed by atoms with van der Waals surface area (Å²) in [6.07, 6.45) is 7.39. The van der Waals surface area contributed by atoms with Crippen molar-refractivity contribution in [3.05, 3.63) is 21.9 Å². The summed E-state index contributed by atoms with van der Waals surface area (Å²) in [5.74, 6) is 0. The average molecular weight is 267 g/mol. The summed E-state index contributed by atoms with van der Waals surface area (Å²) in [5.41, 5.74) is 0.156.